The number of guanidine groups is 1. The van der Waals surface area contributed by atoms with Gasteiger partial charge >= 0.3 is 0 Å². The number of aliphatic imine (C=N–C) groups is 1. The number of ether oxygens (including phenoxy) is 1. The Kier molecular flexibility index (Phi) is 11.0. The number of rotatable bonds is 6. The molecule has 4 nitrogen and oxygen atoms in total. The number of halogens is 3. The van der Waals surface area contributed by atoms with Crippen molar-refractivity contribution in [1.29, 1.82) is 0 Å². The third-order valence-electron chi connectivity index (χ3n) is 2.49. The molecule has 1 aromatic carbocycles. The molecule has 0 saturated carbocycles. The molecular weight excluding hydrogens is 440 g/mol. The molecule has 0 saturated heterocycles. The van der Waals surface area contributed by atoms with Crippen molar-refractivity contribution < 1.29 is 9.13 Å². The first-order chi connectivity index (χ1) is 9.17. The zero-order valence-electron chi connectivity index (χ0n) is 11.6. The first-order valence-electron chi connectivity index (χ1n) is 6.04. The van der Waals surface area contributed by atoms with Crippen molar-refractivity contribution in [3.8, 4) is 0 Å². The summed E-state index contributed by atoms with van der Waals surface area (Å²) in [6.45, 7) is 2.01. The van der Waals surface area contributed by atoms with Gasteiger partial charge in [0.15, 0.2) is 5.96 Å². The Balaban J connectivity index is 0.00000361. The first-order valence-corrected chi connectivity index (χ1v) is 6.84. The lowest BCUT2D eigenvalue weighted by molar-refractivity contribution is 0.195. The molecule has 0 aliphatic carbocycles. The second-order valence-electron chi connectivity index (χ2n) is 3.95. The van der Waals surface area contributed by atoms with E-state index in [1.54, 1.807) is 20.2 Å². The van der Waals surface area contributed by atoms with E-state index in [9.17, 15) is 4.39 Å². The molecule has 0 aromatic heterocycles. The molecule has 7 heteroatoms. The summed E-state index contributed by atoms with van der Waals surface area (Å²) in [6.07, 6.45) is 0.907. The fourth-order valence-corrected chi connectivity index (χ4v) is 1.73. The Labute approximate surface area is 144 Å². The minimum Gasteiger partial charge on any atom is -0.385 e. The number of benzene rings is 1. The van der Waals surface area contributed by atoms with Crippen LogP contribution in [0.3, 0.4) is 0 Å². The van der Waals surface area contributed by atoms with Gasteiger partial charge in [-0.2, -0.15) is 0 Å². The summed E-state index contributed by atoms with van der Waals surface area (Å²) < 4.78 is 18.8. The molecule has 1 rings (SSSR count). The molecule has 2 N–H and O–H groups in total. The largest absolute Gasteiger partial charge is 0.385 e. The summed E-state index contributed by atoms with van der Waals surface area (Å²) in [5.74, 6) is 0.432. The Hall–Kier alpha value is -0.410. The van der Waals surface area contributed by atoms with Gasteiger partial charge < -0.3 is 15.4 Å². The SMILES string of the molecule is CN=C(NCCCOC)NCc1ccc(Br)c(F)c1.I. The van der Waals surface area contributed by atoms with E-state index >= 15 is 0 Å². The molecule has 0 aliphatic heterocycles. The maximum atomic E-state index is 13.3. The zero-order chi connectivity index (χ0) is 14.1. The maximum Gasteiger partial charge on any atom is 0.191 e. The van der Waals surface area contributed by atoms with Gasteiger partial charge in [-0.3, -0.25) is 4.99 Å². The van der Waals surface area contributed by atoms with Crippen LogP contribution in [0.5, 0.6) is 0 Å². The van der Waals surface area contributed by atoms with E-state index in [4.69, 9.17) is 4.74 Å². The summed E-state index contributed by atoms with van der Waals surface area (Å²) in [5, 5.41) is 6.28. The van der Waals surface area contributed by atoms with E-state index in [0.29, 0.717) is 23.6 Å². The highest BCUT2D eigenvalue weighted by Crippen LogP contribution is 2.16. The Morgan fingerprint density at radius 2 is 2.15 bits per heavy atom. The van der Waals surface area contributed by atoms with Crippen molar-refractivity contribution in [2.75, 3.05) is 27.3 Å². The average molecular weight is 460 g/mol. The Bertz CT molecular complexity index is 432. The van der Waals surface area contributed by atoms with Crippen LogP contribution in [0, 0.1) is 5.82 Å². The van der Waals surface area contributed by atoms with Gasteiger partial charge in [-0.1, -0.05) is 6.07 Å². The van der Waals surface area contributed by atoms with Gasteiger partial charge in [0.1, 0.15) is 5.82 Å². The molecule has 0 amide bonds. The summed E-state index contributed by atoms with van der Waals surface area (Å²) in [4.78, 5) is 4.09. The lowest BCUT2D eigenvalue weighted by atomic mass is 10.2. The van der Waals surface area contributed by atoms with Gasteiger partial charge in [0, 0.05) is 33.9 Å². The lowest BCUT2D eigenvalue weighted by Gasteiger charge is -2.12. The van der Waals surface area contributed by atoms with Crippen molar-refractivity contribution in [3.63, 3.8) is 0 Å². The highest BCUT2D eigenvalue weighted by molar-refractivity contribution is 14.0. The summed E-state index contributed by atoms with van der Waals surface area (Å²) >= 11 is 3.13. The number of nitrogens with zero attached hydrogens (tertiary/aromatic N) is 1. The van der Waals surface area contributed by atoms with Crippen molar-refractivity contribution in [2.45, 2.75) is 13.0 Å². The molecule has 0 fully saturated rings. The molecule has 0 spiro atoms. The number of hydrogen-bond donors (Lipinski definition) is 2. The van der Waals surface area contributed by atoms with E-state index in [1.165, 1.54) is 6.07 Å². The smallest absolute Gasteiger partial charge is 0.191 e. The Morgan fingerprint density at radius 1 is 1.40 bits per heavy atom. The third kappa shape index (κ3) is 7.39. The van der Waals surface area contributed by atoms with Crippen LogP contribution in [-0.4, -0.2) is 33.3 Å². The highest BCUT2D eigenvalue weighted by Gasteiger charge is 2.02. The van der Waals surface area contributed by atoms with Gasteiger partial charge in [-0.15, -0.1) is 24.0 Å². The van der Waals surface area contributed by atoms with Crippen LogP contribution in [0.25, 0.3) is 0 Å². The number of methoxy groups -OCH3 is 1. The predicted molar refractivity (Wildman–Crippen MR) is 94.2 cm³/mol. The van der Waals surface area contributed by atoms with Crippen molar-refractivity contribution in [3.05, 3.63) is 34.1 Å². The van der Waals surface area contributed by atoms with E-state index in [2.05, 4.69) is 31.6 Å². The highest BCUT2D eigenvalue weighted by atomic mass is 127. The van der Waals surface area contributed by atoms with E-state index < -0.39 is 0 Å². The zero-order valence-corrected chi connectivity index (χ0v) is 15.5. The molecule has 0 atom stereocenters. The number of nitrogens with one attached hydrogen (secondary N) is 2. The van der Waals surface area contributed by atoms with E-state index in [1.807, 2.05) is 6.07 Å². The first kappa shape index (κ1) is 19.6. The van der Waals surface area contributed by atoms with Gasteiger partial charge in [-0.25, -0.2) is 4.39 Å². The second-order valence-corrected chi connectivity index (χ2v) is 4.80. The van der Waals surface area contributed by atoms with Gasteiger partial charge in [-0.05, 0) is 40.0 Å². The van der Waals surface area contributed by atoms with Crippen LogP contribution in [0.1, 0.15) is 12.0 Å². The molecule has 20 heavy (non-hydrogen) atoms. The fourth-order valence-electron chi connectivity index (χ4n) is 1.48. The van der Waals surface area contributed by atoms with Gasteiger partial charge in [0.25, 0.3) is 0 Å². The van der Waals surface area contributed by atoms with Crippen LogP contribution in [0.15, 0.2) is 27.7 Å². The Morgan fingerprint density at radius 3 is 2.75 bits per heavy atom. The van der Waals surface area contributed by atoms with Crippen LogP contribution < -0.4 is 10.6 Å². The molecule has 0 aliphatic rings. The molecule has 0 heterocycles. The molecular formula is C13H20BrFIN3O. The molecule has 114 valence electrons. The monoisotopic (exact) mass is 459 g/mol. The van der Waals surface area contributed by atoms with E-state index in [-0.39, 0.29) is 29.8 Å². The van der Waals surface area contributed by atoms with Crippen LogP contribution in [0.4, 0.5) is 4.39 Å². The molecule has 1 aromatic rings. The standard InChI is InChI=1S/C13H19BrFN3O.HI/c1-16-13(17-6-3-7-19-2)18-9-10-4-5-11(14)12(15)8-10;/h4-5,8H,3,6-7,9H2,1-2H3,(H2,16,17,18);1H. The maximum absolute atomic E-state index is 13.3. The summed E-state index contributed by atoms with van der Waals surface area (Å²) in [5.41, 5.74) is 0.862. The third-order valence-corrected chi connectivity index (χ3v) is 3.13. The van der Waals surface area contributed by atoms with Crippen molar-refractivity contribution in [1.82, 2.24) is 10.6 Å². The van der Waals surface area contributed by atoms with Crippen molar-refractivity contribution >= 4 is 45.9 Å². The minimum absolute atomic E-state index is 0. The molecule has 0 radical (unpaired) electrons. The van der Waals surface area contributed by atoms with Crippen LogP contribution in [0.2, 0.25) is 0 Å². The molecule has 0 bridgehead atoms. The topological polar surface area (TPSA) is 45.7 Å². The lowest BCUT2D eigenvalue weighted by Crippen LogP contribution is -2.37. The quantitative estimate of drug-likeness (QED) is 0.297. The fraction of sp³-hybridized carbons (Fsp3) is 0.462. The number of hydrogen-bond acceptors (Lipinski definition) is 2. The minimum atomic E-state index is -0.262. The van der Waals surface area contributed by atoms with Gasteiger partial charge in [0.05, 0.1) is 4.47 Å². The van der Waals surface area contributed by atoms with E-state index in [0.717, 1.165) is 18.5 Å². The molecule has 0 unspecified atom stereocenters. The summed E-state index contributed by atoms with van der Waals surface area (Å²) in [7, 11) is 3.38. The van der Waals surface area contributed by atoms with Gasteiger partial charge in [0.2, 0.25) is 0 Å². The van der Waals surface area contributed by atoms with Crippen LogP contribution >= 0.6 is 39.9 Å². The normalized spacial score (nSPS) is 10.9. The second kappa shape index (κ2) is 11.3. The van der Waals surface area contributed by atoms with Crippen molar-refractivity contribution in [2.24, 2.45) is 4.99 Å². The van der Waals surface area contributed by atoms with Crippen LogP contribution in [-0.2, 0) is 11.3 Å². The summed E-state index contributed by atoms with van der Waals surface area (Å²) in [6, 6.07) is 5.05. The predicted octanol–water partition coefficient (Wildman–Crippen LogP) is 2.91. The average Bonchev–Trinajstić information content (AvgIpc) is 2.42.